The van der Waals surface area contributed by atoms with Crippen molar-refractivity contribution in [3.05, 3.63) is 35.4 Å². The van der Waals surface area contributed by atoms with Crippen molar-refractivity contribution in [1.29, 1.82) is 0 Å². The Kier molecular flexibility index (Phi) is 5.18. The molecule has 0 heterocycles. The molecule has 2 rings (SSSR count). The highest BCUT2D eigenvalue weighted by atomic mass is 32.2. The molecule has 4 nitrogen and oxygen atoms in total. The van der Waals surface area contributed by atoms with Crippen LogP contribution in [-0.4, -0.2) is 25.9 Å². The molecule has 5 heteroatoms. The first-order chi connectivity index (χ1) is 9.59. The molecule has 0 aromatic heterocycles. The van der Waals surface area contributed by atoms with Gasteiger partial charge in [-0.3, -0.25) is 0 Å². The molecular formula is C15H19NO3S. The van der Waals surface area contributed by atoms with E-state index in [4.69, 9.17) is 5.11 Å². The lowest BCUT2D eigenvalue weighted by atomic mass is 10.1. The summed E-state index contributed by atoms with van der Waals surface area (Å²) in [6, 6.07) is 7.46. The van der Waals surface area contributed by atoms with Crippen molar-refractivity contribution in [3.8, 4) is 11.8 Å². The normalized spacial score (nSPS) is 14.7. The highest BCUT2D eigenvalue weighted by Crippen LogP contribution is 2.29. The van der Waals surface area contributed by atoms with Crippen LogP contribution in [0.2, 0.25) is 0 Å². The van der Waals surface area contributed by atoms with Crippen molar-refractivity contribution in [2.75, 3.05) is 12.4 Å². The molecule has 1 fully saturated rings. The van der Waals surface area contributed by atoms with Crippen LogP contribution < -0.4 is 4.72 Å². The standard InChI is InChI=1S/C15H19NO3S/c17-9-2-1-4-13-5-3-6-15(10-13)11-16-20(18,19)12-14-7-8-14/h3,5-6,10,14,16-17H,2,7-9,11-12H2. The van der Waals surface area contributed by atoms with Crippen molar-refractivity contribution in [3.63, 3.8) is 0 Å². The zero-order valence-electron chi connectivity index (χ0n) is 11.3. The molecule has 0 spiro atoms. The summed E-state index contributed by atoms with van der Waals surface area (Å²) in [5.41, 5.74) is 1.72. The van der Waals surface area contributed by atoms with E-state index in [9.17, 15) is 8.42 Å². The van der Waals surface area contributed by atoms with Crippen LogP contribution in [0.15, 0.2) is 24.3 Å². The molecule has 2 N–H and O–H groups in total. The minimum atomic E-state index is -3.17. The maximum Gasteiger partial charge on any atom is 0.212 e. The summed E-state index contributed by atoms with van der Waals surface area (Å²) in [5.74, 6) is 6.37. The Morgan fingerprint density at radius 1 is 1.35 bits per heavy atom. The fourth-order valence-electron chi connectivity index (χ4n) is 1.83. The SMILES string of the molecule is O=S(=O)(CC1CC1)NCc1cccc(C#CCCO)c1. The van der Waals surface area contributed by atoms with Crippen LogP contribution in [0.4, 0.5) is 0 Å². The third-order valence-electron chi connectivity index (χ3n) is 3.04. The van der Waals surface area contributed by atoms with Gasteiger partial charge in [0.1, 0.15) is 0 Å². The van der Waals surface area contributed by atoms with Gasteiger partial charge in [-0.2, -0.15) is 0 Å². The van der Waals surface area contributed by atoms with Crippen LogP contribution in [0.1, 0.15) is 30.4 Å². The van der Waals surface area contributed by atoms with Crippen LogP contribution in [0.3, 0.4) is 0 Å². The Morgan fingerprint density at radius 3 is 2.85 bits per heavy atom. The number of sulfonamides is 1. The van der Waals surface area contributed by atoms with Crippen LogP contribution >= 0.6 is 0 Å². The zero-order chi connectivity index (χ0) is 14.4. The number of aliphatic hydroxyl groups excluding tert-OH is 1. The van der Waals surface area contributed by atoms with E-state index in [0.29, 0.717) is 18.9 Å². The van der Waals surface area contributed by atoms with Gasteiger partial charge in [0.2, 0.25) is 10.0 Å². The summed E-state index contributed by atoms with van der Waals surface area (Å²) in [4.78, 5) is 0. The summed E-state index contributed by atoms with van der Waals surface area (Å²) in [7, 11) is -3.17. The van der Waals surface area contributed by atoms with Gasteiger partial charge in [0, 0.05) is 18.5 Å². The summed E-state index contributed by atoms with van der Waals surface area (Å²) >= 11 is 0. The van der Waals surface area contributed by atoms with Crippen molar-refractivity contribution in [2.24, 2.45) is 5.92 Å². The van der Waals surface area contributed by atoms with Crippen molar-refractivity contribution in [1.82, 2.24) is 4.72 Å². The molecule has 1 aromatic carbocycles. The van der Waals surface area contributed by atoms with Crippen molar-refractivity contribution < 1.29 is 13.5 Å². The van der Waals surface area contributed by atoms with E-state index in [1.807, 2.05) is 24.3 Å². The fraction of sp³-hybridized carbons (Fsp3) is 0.467. The Labute approximate surface area is 120 Å². The van der Waals surface area contributed by atoms with Gasteiger partial charge >= 0.3 is 0 Å². The maximum atomic E-state index is 11.8. The molecule has 0 unspecified atom stereocenters. The minimum absolute atomic E-state index is 0.0493. The Hall–Kier alpha value is -1.35. The predicted octanol–water partition coefficient (Wildman–Crippen LogP) is 1.25. The minimum Gasteiger partial charge on any atom is -0.395 e. The molecule has 0 saturated heterocycles. The second kappa shape index (κ2) is 6.89. The lowest BCUT2D eigenvalue weighted by molar-refractivity contribution is 0.305. The molecule has 0 atom stereocenters. The molecule has 0 aliphatic heterocycles. The van der Waals surface area contributed by atoms with E-state index in [2.05, 4.69) is 16.6 Å². The summed E-state index contributed by atoms with van der Waals surface area (Å²) in [5, 5.41) is 8.67. The largest absolute Gasteiger partial charge is 0.395 e. The van der Waals surface area contributed by atoms with Gasteiger partial charge in [-0.05, 0) is 36.5 Å². The number of nitrogens with one attached hydrogen (secondary N) is 1. The highest BCUT2D eigenvalue weighted by Gasteiger charge is 2.27. The van der Waals surface area contributed by atoms with Crippen molar-refractivity contribution in [2.45, 2.75) is 25.8 Å². The molecular weight excluding hydrogens is 274 g/mol. The van der Waals surface area contributed by atoms with Gasteiger partial charge in [0.25, 0.3) is 0 Å². The second-order valence-electron chi connectivity index (χ2n) is 5.02. The fourth-order valence-corrected chi connectivity index (χ4v) is 3.28. The van der Waals surface area contributed by atoms with Gasteiger partial charge in [-0.1, -0.05) is 24.0 Å². The zero-order valence-corrected chi connectivity index (χ0v) is 12.1. The molecule has 1 aliphatic carbocycles. The van der Waals surface area contributed by atoms with Crippen LogP contribution in [0, 0.1) is 17.8 Å². The average molecular weight is 293 g/mol. The average Bonchev–Trinajstić information content (AvgIpc) is 3.21. The van der Waals surface area contributed by atoms with Gasteiger partial charge < -0.3 is 5.11 Å². The number of hydrogen-bond donors (Lipinski definition) is 2. The second-order valence-corrected chi connectivity index (χ2v) is 6.87. The first-order valence-corrected chi connectivity index (χ1v) is 8.40. The Morgan fingerprint density at radius 2 is 2.15 bits per heavy atom. The molecule has 1 aliphatic rings. The quantitative estimate of drug-likeness (QED) is 0.776. The lowest BCUT2D eigenvalue weighted by Crippen LogP contribution is -2.26. The molecule has 1 aromatic rings. The van der Waals surface area contributed by atoms with Gasteiger partial charge in [-0.25, -0.2) is 13.1 Å². The van der Waals surface area contributed by atoms with E-state index in [0.717, 1.165) is 24.0 Å². The van der Waals surface area contributed by atoms with E-state index in [1.54, 1.807) is 0 Å². The van der Waals surface area contributed by atoms with Gasteiger partial charge in [0.15, 0.2) is 0 Å². The van der Waals surface area contributed by atoms with E-state index in [1.165, 1.54) is 0 Å². The Balaban J connectivity index is 1.92. The predicted molar refractivity (Wildman–Crippen MR) is 78.4 cm³/mol. The smallest absolute Gasteiger partial charge is 0.212 e. The lowest BCUT2D eigenvalue weighted by Gasteiger charge is -2.06. The molecule has 1 saturated carbocycles. The summed E-state index contributed by atoms with van der Waals surface area (Å²) < 4.78 is 26.2. The van der Waals surface area contributed by atoms with Crippen LogP contribution in [-0.2, 0) is 16.6 Å². The highest BCUT2D eigenvalue weighted by molar-refractivity contribution is 7.89. The maximum absolute atomic E-state index is 11.8. The monoisotopic (exact) mass is 293 g/mol. The number of hydrogen-bond acceptors (Lipinski definition) is 3. The molecule has 0 radical (unpaired) electrons. The first-order valence-electron chi connectivity index (χ1n) is 6.75. The number of benzene rings is 1. The molecule has 108 valence electrons. The Bertz CT molecular complexity index is 609. The van der Waals surface area contributed by atoms with Crippen LogP contribution in [0.25, 0.3) is 0 Å². The van der Waals surface area contributed by atoms with Crippen LogP contribution in [0.5, 0.6) is 0 Å². The number of aliphatic hydroxyl groups is 1. The first kappa shape index (κ1) is 15.0. The van der Waals surface area contributed by atoms with E-state index < -0.39 is 10.0 Å². The molecule has 0 bridgehead atoms. The summed E-state index contributed by atoms with van der Waals surface area (Å²) in [6.07, 6.45) is 2.49. The van der Waals surface area contributed by atoms with Gasteiger partial charge in [0.05, 0.1) is 12.4 Å². The third-order valence-corrected chi connectivity index (χ3v) is 4.54. The topological polar surface area (TPSA) is 66.4 Å². The third kappa shape index (κ3) is 5.33. The van der Waals surface area contributed by atoms with Crippen molar-refractivity contribution >= 4 is 10.0 Å². The summed E-state index contributed by atoms with van der Waals surface area (Å²) in [6.45, 7) is 0.345. The number of rotatable bonds is 6. The van der Waals surface area contributed by atoms with Gasteiger partial charge in [-0.15, -0.1) is 0 Å². The molecule has 20 heavy (non-hydrogen) atoms. The van der Waals surface area contributed by atoms with E-state index >= 15 is 0 Å². The van der Waals surface area contributed by atoms with E-state index in [-0.39, 0.29) is 12.4 Å². The molecule has 0 amide bonds.